The third-order valence-electron chi connectivity index (χ3n) is 3.52. The summed E-state index contributed by atoms with van der Waals surface area (Å²) >= 11 is 3.63. The Hall–Kier alpha value is -0.620. The lowest BCUT2D eigenvalue weighted by Gasteiger charge is -2.43. The van der Waals surface area contributed by atoms with Gasteiger partial charge in [0.2, 0.25) is 0 Å². The van der Waals surface area contributed by atoms with Crippen molar-refractivity contribution in [3.05, 3.63) is 28.2 Å². The number of aliphatic hydroxyl groups excluding tert-OH is 1. The molecule has 0 radical (unpaired) electrons. The van der Waals surface area contributed by atoms with Crippen molar-refractivity contribution < 1.29 is 9.84 Å². The molecule has 5 heteroatoms. The quantitative estimate of drug-likeness (QED) is 0.885. The zero-order valence-corrected chi connectivity index (χ0v) is 13.9. The first-order valence-electron chi connectivity index (χ1n) is 6.91. The van der Waals surface area contributed by atoms with Gasteiger partial charge in [0.25, 0.3) is 0 Å². The van der Waals surface area contributed by atoms with E-state index in [1.54, 1.807) is 0 Å². The molecule has 1 aromatic rings. The zero-order valence-electron chi connectivity index (χ0n) is 12.3. The summed E-state index contributed by atoms with van der Waals surface area (Å²) in [6, 6.07) is 6.22. The number of nitrogens with zero attached hydrogens (tertiary/aromatic N) is 1. The SMILES string of the molecule is C[C@H](N)c1ccc(N2CC(CO)OC(C)(C)C2)c(Br)c1. The highest BCUT2D eigenvalue weighted by Gasteiger charge is 2.33. The van der Waals surface area contributed by atoms with Crippen LogP contribution in [0.3, 0.4) is 0 Å². The number of halogens is 1. The first kappa shape index (κ1) is 15.8. The van der Waals surface area contributed by atoms with E-state index >= 15 is 0 Å². The van der Waals surface area contributed by atoms with Crippen molar-refractivity contribution in [2.75, 3.05) is 24.6 Å². The highest BCUT2D eigenvalue weighted by atomic mass is 79.9. The van der Waals surface area contributed by atoms with Gasteiger partial charge in [-0.25, -0.2) is 0 Å². The molecule has 2 rings (SSSR count). The third-order valence-corrected chi connectivity index (χ3v) is 4.16. The molecule has 1 saturated heterocycles. The minimum atomic E-state index is -0.273. The molecule has 0 bridgehead atoms. The van der Waals surface area contributed by atoms with Gasteiger partial charge in [-0.05, 0) is 54.4 Å². The van der Waals surface area contributed by atoms with Crippen LogP contribution in [0, 0.1) is 0 Å². The van der Waals surface area contributed by atoms with Crippen molar-refractivity contribution in [1.82, 2.24) is 0 Å². The van der Waals surface area contributed by atoms with Crippen LogP contribution in [-0.4, -0.2) is 36.5 Å². The number of ether oxygens (including phenoxy) is 1. The van der Waals surface area contributed by atoms with Crippen LogP contribution in [0.5, 0.6) is 0 Å². The average molecular weight is 343 g/mol. The zero-order chi connectivity index (χ0) is 14.9. The maximum absolute atomic E-state index is 9.39. The van der Waals surface area contributed by atoms with Crippen molar-refractivity contribution in [2.24, 2.45) is 5.73 Å². The van der Waals surface area contributed by atoms with Crippen molar-refractivity contribution in [3.63, 3.8) is 0 Å². The molecule has 0 spiro atoms. The molecule has 0 aromatic heterocycles. The van der Waals surface area contributed by atoms with Gasteiger partial charge >= 0.3 is 0 Å². The smallest absolute Gasteiger partial charge is 0.0988 e. The van der Waals surface area contributed by atoms with Crippen molar-refractivity contribution in [1.29, 1.82) is 0 Å². The van der Waals surface area contributed by atoms with E-state index in [1.807, 2.05) is 20.8 Å². The molecule has 112 valence electrons. The lowest BCUT2D eigenvalue weighted by atomic mass is 10.0. The molecule has 1 aromatic carbocycles. The molecule has 1 fully saturated rings. The van der Waals surface area contributed by atoms with Crippen LogP contribution in [0.4, 0.5) is 5.69 Å². The Balaban J connectivity index is 2.26. The second kappa shape index (κ2) is 6.02. The maximum Gasteiger partial charge on any atom is 0.0988 e. The van der Waals surface area contributed by atoms with Gasteiger partial charge in [0.1, 0.15) is 0 Å². The van der Waals surface area contributed by atoms with E-state index < -0.39 is 0 Å². The molecule has 0 aliphatic carbocycles. The molecule has 1 aliphatic rings. The number of hydrogen-bond donors (Lipinski definition) is 2. The van der Waals surface area contributed by atoms with Crippen molar-refractivity contribution >= 4 is 21.6 Å². The monoisotopic (exact) mass is 342 g/mol. The summed E-state index contributed by atoms with van der Waals surface area (Å²) in [7, 11) is 0. The van der Waals surface area contributed by atoms with E-state index in [9.17, 15) is 5.11 Å². The summed E-state index contributed by atoms with van der Waals surface area (Å²) < 4.78 is 6.88. The van der Waals surface area contributed by atoms with Crippen LogP contribution in [0.1, 0.15) is 32.4 Å². The van der Waals surface area contributed by atoms with Gasteiger partial charge in [-0.2, -0.15) is 0 Å². The van der Waals surface area contributed by atoms with Crippen LogP contribution in [0.25, 0.3) is 0 Å². The number of nitrogens with two attached hydrogens (primary N) is 1. The van der Waals surface area contributed by atoms with E-state index in [2.05, 4.69) is 39.0 Å². The summed E-state index contributed by atoms with van der Waals surface area (Å²) in [5.74, 6) is 0. The third kappa shape index (κ3) is 3.52. The number of aliphatic hydroxyl groups is 1. The Bertz CT molecular complexity index is 477. The molecule has 0 amide bonds. The van der Waals surface area contributed by atoms with E-state index in [0.29, 0.717) is 6.54 Å². The van der Waals surface area contributed by atoms with Crippen LogP contribution in [0.2, 0.25) is 0 Å². The molecular weight excluding hydrogens is 320 g/mol. The first-order valence-corrected chi connectivity index (χ1v) is 7.70. The molecule has 0 saturated carbocycles. The second-order valence-corrected chi connectivity index (χ2v) is 6.92. The number of rotatable bonds is 3. The average Bonchev–Trinajstić information content (AvgIpc) is 2.36. The van der Waals surface area contributed by atoms with Gasteiger partial charge in [-0.15, -0.1) is 0 Å². The molecule has 4 nitrogen and oxygen atoms in total. The summed E-state index contributed by atoms with van der Waals surface area (Å²) in [4.78, 5) is 2.25. The minimum Gasteiger partial charge on any atom is -0.394 e. The molecule has 1 heterocycles. The van der Waals surface area contributed by atoms with Crippen LogP contribution < -0.4 is 10.6 Å². The Morgan fingerprint density at radius 2 is 2.25 bits per heavy atom. The summed E-state index contributed by atoms with van der Waals surface area (Å²) in [6.07, 6.45) is -0.154. The van der Waals surface area contributed by atoms with Crippen LogP contribution >= 0.6 is 15.9 Å². The van der Waals surface area contributed by atoms with Crippen molar-refractivity contribution in [3.8, 4) is 0 Å². The fourth-order valence-electron chi connectivity index (χ4n) is 2.64. The molecule has 20 heavy (non-hydrogen) atoms. The lowest BCUT2D eigenvalue weighted by molar-refractivity contribution is -0.101. The molecule has 3 N–H and O–H groups in total. The lowest BCUT2D eigenvalue weighted by Crippen LogP contribution is -2.54. The highest BCUT2D eigenvalue weighted by molar-refractivity contribution is 9.10. The van der Waals surface area contributed by atoms with Crippen LogP contribution in [-0.2, 0) is 4.74 Å². The molecular formula is C15H23BrN2O2. The summed E-state index contributed by atoms with van der Waals surface area (Å²) in [5, 5.41) is 9.39. The molecule has 2 atom stereocenters. The van der Waals surface area contributed by atoms with Gasteiger partial charge in [-0.3, -0.25) is 0 Å². The van der Waals surface area contributed by atoms with Gasteiger partial charge in [0.05, 0.1) is 24.0 Å². The number of morpholine rings is 1. The van der Waals surface area contributed by atoms with Gasteiger partial charge in [0, 0.05) is 23.6 Å². The van der Waals surface area contributed by atoms with Gasteiger partial charge < -0.3 is 20.5 Å². The molecule has 1 unspecified atom stereocenters. The fraction of sp³-hybridized carbons (Fsp3) is 0.600. The maximum atomic E-state index is 9.39. The van der Waals surface area contributed by atoms with E-state index in [4.69, 9.17) is 10.5 Å². The standard InChI is InChI=1S/C15H23BrN2O2/c1-10(17)11-4-5-14(13(16)6-11)18-7-12(8-19)20-15(2,3)9-18/h4-6,10,12,19H,7-9,17H2,1-3H3/t10-,12?/m0/s1. The normalized spacial score (nSPS) is 23.7. The summed E-state index contributed by atoms with van der Waals surface area (Å²) in [6.45, 7) is 7.59. The Kier molecular flexibility index (Phi) is 4.74. The largest absolute Gasteiger partial charge is 0.394 e. The Morgan fingerprint density at radius 3 is 2.80 bits per heavy atom. The van der Waals surface area contributed by atoms with Crippen molar-refractivity contribution in [2.45, 2.75) is 38.5 Å². The predicted octanol–water partition coefficient (Wildman–Crippen LogP) is 2.44. The number of benzene rings is 1. The second-order valence-electron chi connectivity index (χ2n) is 6.06. The van der Waals surface area contributed by atoms with Crippen LogP contribution in [0.15, 0.2) is 22.7 Å². The van der Waals surface area contributed by atoms with E-state index in [0.717, 1.165) is 22.3 Å². The Morgan fingerprint density at radius 1 is 1.55 bits per heavy atom. The topological polar surface area (TPSA) is 58.7 Å². The summed E-state index contributed by atoms with van der Waals surface area (Å²) in [5.41, 5.74) is 7.86. The first-order chi connectivity index (χ1) is 9.32. The van der Waals surface area contributed by atoms with E-state index in [1.165, 1.54) is 0 Å². The molecule has 1 aliphatic heterocycles. The number of anilines is 1. The number of hydrogen-bond acceptors (Lipinski definition) is 4. The Labute approximate surface area is 129 Å². The fourth-order valence-corrected chi connectivity index (χ4v) is 3.28. The minimum absolute atomic E-state index is 0.0201. The predicted molar refractivity (Wildman–Crippen MR) is 85.0 cm³/mol. The van der Waals surface area contributed by atoms with E-state index in [-0.39, 0.29) is 24.4 Å². The highest BCUT2D eigenvalue weighted by Crippen LogP contribution is 2.33. The van der Waals surface area contributed by atoms with Gasteiger partial charge in [-0.1, -0.05) is 6.07 Å². The van der Waals surface area contributed by atoms with Gasteiger partial charge in [0.15, 0.2) is 0 Å².